The van der Waals surface area contributed by atoms with Gasteiger partial charge >= 0.3 is 0 Å². The number of hydrogen-bond donors (Lipinski definition) is 1. The number of rotatable bonds is 9. The van der Waals surface area contributed by atoms with Crippen molar-refractivity contribution in [1.29, 1.82) is 0 Å². The van der Waals surface area contributed by atoms with Crippen molar-refractivity contribution in [2.75, 3.05) is 38.5 Å². The van der Waals surface area contributed by atoms with E-state index in [2.05, 4.69) is 10.3 Å². The fourth-order valence-electron chi connectivity index (χ4n) is 3.39. The van der Waals surface area contributed by atoms with E-state index in [0.717, 1.165) is 46.4 Å². The van der Waals surface area contributed by atoms with Gasteiger partial charge in [0.25, 0.3) is 11.6 Å². The highest BCUT2D eigenvalue weighted by Gasteiger charge is 2.25. The molecule has 1 amide bonds. The number of fused-ring (bicyclic) bond motifs is 1. The smallest absolute Gasteiger partial charge is 0.286 e. The van der Waals surface area contributed by atoms with Gasteiger partial charge in [-0.15, -0.1) is 11.3 Å². The van der Waals surface area contributed by atoms with Crippen molar-refractivity contribution in [3.8, 4) is 11.5 Å². The molecule has 0 spiro atoms. The first-order valence-electron chi connectivity index (χ1n) is 10.5. The molecular weight excluding hydrogens is 482 g/mol. The summed E-state index contributed by atoms with van der Waals surface area (Å²) in [6.07, 6.45) is 1.56. The van der Waals surface area contributed by atoms with Crippen LogP contribution in [0.2, 0.25) is 0 Å². The second-order valence-corrected chi connectivity index (χ2v) is 9.63. The quantitative estimate of drug-likeness (QED) is 0.250. The standard InChI is InChI=1S/C22H23N3O7S2/c1-29-17-11-14(16(25(27)28)12-18(17)30-2)21(26)23-13-4-5-15-19(10-13)34-22(24-15)33-9-6-20-31-7-3-8-32-20/h4-5,10-12,20H,3,6-9H2,1-2H3,(H,23,26). The van der Waals surface area contributed by atoms with Gasteiger partial charge < -0.3 is 24.3 Å². The van der Waals surface area contributed by atoms with Crippen LogP contribution in [0.3, 0.4) is 0 Å². The van der Waals surface area contributed by atoms with Crippen molar-refractivity contribution >= 4 is 50.6 Å². The number of benzene rings is 2. The molecule has 34 heavy (non-hydrogen) atoms. The molecule has 2 aromatic carbocycles. The van der Waals surface area contributed by atoms with Crippen LogP contribution < -0.4 is 14.8 Å². The predicted molar refractivity (Wildman–Crippen MR) is 129 cm³/mol. The van der Waals surface area contributed by atoms with Crippen LogP contribution in [0.5, 0.6) is 11.5 Å². The molecule has 1 aliphatic heterocycles. The Hall–Kier alpha value is -2.93. The number of anilines is 1. The average Bonchev–Trinajstić information content (AvgIpc) is 3.25. The number of carbonyl (C=O) groups is 1. The predicted octanol–water partition coefficient (Wildman–Crippen LogP) is 4.72. The summed E-state index contributed by atoms with van der Waals surface area (Å²) in [4.78, 5) is 28.4. The summed E-state index contributed by atoms with van der Waals surface area (Å²) in [5.41, 5.74) is 0.813. The van der Waals surface area contributed by atoms with Gasteiger partial charge in [0.1, 0.15) is 5.56 Å². The number of thioether (sulfide) groups is 1. The molecule has 12 heteroatoms. The van der Waals surface area contributed by atoms with E-state index in [1.807, 2.05) is 6.07 Å². The van der Waals surface area contributed by atoms with Gasteiger partial charge in [0.05, 0.1) is 48.6 Å². The molecule has 1 N–H and O–H groups in total. The van der Waals surface area contributed by atoms with Gasteiger partial charge in [-0.05, 0) is 24.6 Å². The van der Waals surface area contributed by atoms with E-state index < -0.39 is 10.8 Å². The van der Waals surface area contributed by atoms with Crippen LogP contribution in [0.4, 0.5) is 11.4 Å². The molecule has 0 saturated carbocycles. The molecule has 1 fully saturated rings. The summed E-state index contributed by atoms with van der Waals surface area (Å²) in [6.45, 7) is 1.47. The molecular formula is C22H23N3O7S2. The normalized spacial score (nSPS) is 14.2. The molecule has 0 unspecified atom stereocenters. The first-order chi connectivity index (χ1) is 16.5. The fourth-order valence-corrected chi connectivity index (χ4v) is 5.53. The Bertz CT molecular complexity index is 1190. The van der Waals surface area contributed by atoms with Gasteiger partial charge in [-0.2, -0.15) is 0 Å². The Kier molecular flexibility index (Phi) is 7.83. The Morgan fingerprint density at radius 3 is 2.68 bits per heavy atom. The number of thiazole rings is 1. The number of carbonyl (C=O) groups excluding carboxylic acids is 1. The van der Waals surface area contributed by atoms with Crippen LogP contribution in [0.1, 0.15) is 23.2 Å². The Balaban J connectivity index is 1.46. The number of ether oxygens (including phenoxy) is 4. The van der Waals surface area contributed by atoms with Gasteiger partial charge in [0.2, 0.25) is 0 Å². The number of nitrogens with zero attached hydrogens (tertiary/aromatic N) is 2. The lowest BCUT2D eigenvalue weighted by molar-refractivity contribution is -0.385. The van der Waals surface area contributed by atoms with E-state index in [0.29, 0.717) is 5.69 Å². The largest absolute Gasteiger partial charge is 0.493 e. The van der Waals surface area contributed by atoms with E-state index in [1.165, 1.54) is 37.7 Å². The molecule has 0 radical (unpaired) electrons. The molecule has 1 saturated heterocycles. The topological polar surface area (TPSA) is 122 Å². The third-order valence-electron chi connectivity index (χ3n) is 5.05. The van der Waals surface area contributed by atoms with Crippen LogP contribution in [0.15, 0.2) is 34.7 Å². The van der Waals surface area contributed by atoms with E-state index in [9.17, 15) is 14.9 Å². The second-order valence-electron chi connectivity index (χ2n) is 7.26. The average molecular weight is 506 g/mol. The van der Waals surface area contributed by atoms with E-state index in [1.54, 1.807) is 23.9 Å². The monoisotopic (exact) mass is 505 g/mol. The number of nitro benzene ring substituents is 1. The maximum Gasteiger partial charge on any atom is 0.286 e. The van der Waals surface area contributed by atoms with Crippen LogP contribution in [0.25, 0.3) is 10.2 Å². The van der Waals surface area contributed by atoms with E-state index in [-0.39, 0.29) is 29.0 Å². The van der Waals surface area contributed by atoms with Crippen molar-refractivity contribution in [2.24, 2.45) is 0 Å². The van der Waals surface area contributed by atoms with Crippen molar-refractivity contribution in [1.82, 2.24) is 4.98 Å². The molecule has 1 aliphatic rings. The number of methoxy groups -OCH3 is 2. The fraction of sp³-hybridized carbons (Fsp3) is 0.364. The molecule has 4 rings (SSSR count). The Labute approximate surface area is 203 Å². The highest BCUT2D eigenvalue weighted by atomic mass is 32.2. The summed E-state index contributed by atoms with van der Waals surface area (Å²) < 4.78 is 23.2. The summed E-state index contributed by atoms with van der Waals surface area (Å²) in [7, 11) is 2.77. The maximum absolute atomic E-state index is 12.9. The number of aromatic nitrogens is 1. The Morgan fingerprint density at radius 2 is 1.97 bits per heavy atom. The lowest BCUT2D eigenvalue weighted by Crippen LogP contribution is -2.25. The van der Waals surface area contributed by atoms with Gasteiger partial charge in [-0.3, -0.25) is 14.9 Å². The molecule has 0 atom stereocenters. The van der Waals surface area contributed by atoms with Crippen LogP contribution >= 0.6 is 23.1 Å². The van der Waals surface area contributed by atoms with Crippen molar-refractivity contribution < 1.29 is 28.7 Å². The first-order valence-corrected chi connectivity index (χ1v) is 12.3. The molecule has 2 heterocycles. The minimum Gasteiger partial charge on any atom is -0.493 e. The summed E-state index contributed by atoms with van der Waals surface area (Å²) in [5.74, 6) is 0.584. The molecule has 180 valence electrons. The highest BCUT2D eigenvalue weighted by molar-refractivity contribution is 8.01. The summed E-state index contributed by atoms with van der Waals surface area (Å²) in [5, 5.41) is 14.2. The third kappa shape index (κ3) is 5.58. The van der Waals surface area contributed by atoms with Crippen molar-refractivity contribution in [3.63, 3.8) is 0 Å². The van der Waals surface area contributed by atoms with Crippen LogP contribution in [-0.2, 0) is 9.47 Å². The Morgan fingerprint density at radius 1 is 1.24 bits per heavy atom. The van der Waals surface area contributed by atoms with Crippen molar-refractivity contribution in [2.45, 2.75) is 23.5 Å². The third-order valence-corrected chi connectivity index (χ3v) is 7.24. The van der Waals surface area contributed by atoms with Crippen LogP contribution in [-0.4, -0.2) is 55.3 Å². The lowest BCUT2D eigenvalue weighted by Gasteiger charge is -2.22. The molecule has 0 aliphatic carbocycles. The first kappa shape index (κ1) is 24.2. The van der Waals surface area contributed by atoms with E-state index in [4.69, 9.17) is 18.9 Å². The van der Waals surface area contributed by atoms with Crippen LogP contribution in [0, 0.1) is 10.1 Å². The highest BCUT2D eigenvalue weighted by Crippen LogP contribution is 2.36. The number of nitrogens with one attached hydrogen (secondary N) is 1. The SMILES string of the molecule is COc1cc(C(=O)Nc2ccc3nc(SCCC4OCCCO4)sc3c2)c([N+](=O)[O-])cc1OC. The molecule has 3 aromatic rings. The summed E-state index contributed by atoms with van der Waals surface area (Å²) >= 11 is 3.14. The molecule has 1 aromatic heterocycles. The molecule has 0 bridgehead atoms. The van der Waals surface area contributed by atoms with Crippen molar-refractivity contribution in [3.05, 3.63) is 46.0 Å². The maximum atomic E-state index is 12.9. The van der Waals surface area contributed by atoms with Gasteiger partial charge in [-0.1, -0.05) is 11.8 Å². The van der Waals surface area contributed by atoms with E-state index >= 15 is 0 Å². The lowest BCUT2D eigenvalue weighted by atomic mass is 10.1. The summed E-state index contributed by atoms with van der Waals surface area (Å²) in [6, 6.07) is 7.79. The number of amides is 1. The van der Waals surface area contributed by atoms with Gasteiger partial charge in [0.15, 0.2) is 22.1 Å². The number of hydrogen-bond acceptors (Lipinski definition) is 10. The van der Waals surface area contributed by atoms with Gasteiger partial charge in [0, 0.05) is 23.9 Å². The minimum atomic E-state index is -0.629. The second kappa shape index (κ2) is 11.0. The number of nitro groups is 1. The zero-order valence-corrected chi connectivity index (χ0v) is 20.2. The zero-order chi connectivity index (χ0) is 24.1. The minimum absolute atomic E-state index is 0.129. The molecule has 10 nitrogen and oxygen atoms in total. The van der Waals surface area contributed by atoms with Gasteiger partial charge in [-0.25, -0.2) is 4.98 Å². The zero-order valence-electron chi connectivity index (χ0n) is 18.6.